The predicted molar refractivity (Wildman–Crippen MR) is 95.1 cm³/mol. The van der Waals surface area contributed by atoms with Gasteiger partial charge < -0.3 is 0 Å². The molecule has 0 saturated carbocycles. The van der Waals surface area contributed by atoms with E-state index in [-0.39, 0.29) is 0 Å². The van der Waals surface area contributed by atoms with E-state index in [4.69, 9.17) is 0 Å². The molecule has 2 aromatic heterocycles. The highest BCUT2D eigenvalue weighted by Gasteiger charge is 2.20. The second kappa shape index (κ2) is 6.97. The molecule has 122 valence electrons. The summed E-state index contributed by atoms with van der Waals surface area (Å²) in [5.41, 5.74) is 3.92. The van der Waals surface area contributed by atoms with E-state index >= 15 is 0 Å². The molecule has 1 aromatic carbocycles. The summed E-state index contributed by atoms with van der Waals surface area (Å²) in [5.74, 6) is 0.680. The Labute approximate surface area is 142 Å². The lowest BCUT2D eigenvalue weighted by Gasteiger charge is -2.32. The molecule has 0 atom stereocenters. The van der Waals surface area contributed by atoms with Crippen molar-refractivity contribution in [1.82, 2.24) is 19.7 Å². The van der Waals surface area contributed by atoms with Crippen molar-refractivity contribution in [1.29, 1.82) is 0 Å². The van der Waals surface area contributed by atoms with Crippen molar-refractivity contribution in [3.8, 4) is 5.69 Å². The third-order valence-corrected chi connectivity index (χ3v) is 4.85. The third-order valence-electron chi connectivity index (χ3n) is 4.85. The SMILES string of the molecule is c1cc(CN2CCC(c3ccncc3)CC2)cc(-n2cccn2)c1. The summed E-state index contributed by atoms with van der Waals surface area (Å²) in [6.07, 6.45) is 10.1. The normalized spacial score (nSPS) is 16.3. The second-order valence-corrected chi connectivity index (χ2v) is 6.45. The average molecular weight is 318 g/mol. The zero-order valence-electron chi connectivity index (χ0n) is 13.8. The molecule has 0 bridgehead atoms. The first-order chi connectivity index (χ1) is 11.9. The van der Waals surface area contributed by atoms with Crippen LogP contribution in [-0.2, 0) is 6.54 Å². The molecule has 3 aromatic rings. The van der Waals surface area contributed by atoms with Crippen molar-refractivity contribution in [2.45, 2.75) is 25.3 Å². The molecule has 4 nitrogen and oxygen atoms in total. The summed E-state index contributed by atoms with van der Waals surface area (Å²) in [7, 11) is 0. The van der Waals surface area contributed by atoms with E-state index < -0.39 is 0 Å². The molecule has 0 N–H and O–H groups in total. The van der Waals surface area contributed by atoms with E-state index in [1.807, 2.05) is 35.5 Å². The highest BCUT2D eigenvalue weighted by Crippen LogP contribution is 2.28. The Kier molecular flexibility index (Phi) is 4.38. The van der Waals surface area contributed by atoms with Crippen molar-refractivity contribution >= 4 is 0 Å². The van der Waals surface area contributed by atoms with Gasteiger partial charge in [-0.15, -0.1) is 0 Å². The maximum atomic E-state index is 4.32. The molecule has 1 saturated heterocycles. The highest BCUT2D eigenvalue weighted by molar-refractivity contribution is 5.35. The molecule has 1 fully saturated rings. The molecule has 4 rings (SSSR count). The Bertz CT molecular complexity index is 759. The summed E-state index contributed by atoms with van der Waals surface area (Å²) in [6.45, 7) is 3.32. The first kappa shape index (κ1) is 15.1. The van der Waals surface area contributed by atoms with Crippen LogP contribution >= 0.6 is 0 Å². The Morgan fingerprint density at radius 2 is 1.79 bits per heavy atom. The van der Waals surface area contributed by atoms with Gasteiger partial charge in [0.15, 0.2) is 0 Å². The van der Waals surface area contributed by atoms with Gasteiger partial charge in [0.1, 0.15) is 0 Å². The van der Waals surface area contributed by atoms with Gasteiger partial charge in [0.2, 0.25) is 0 Å². The number of pyridine rings is 1. The van der Waals surface area contributed by atoms with Gasteiger partial charge >= 0.3 is 0 Å². The van der Waals surface area contributed by atoms with Crippen LogP contribution in [0.5, 0.6) is 0 Å². The van der Waals surface area contributed by atoms with E-state index in [1.54, 1.807) is 0 Å². The van der Waals surface area contributed by atoms with E-state index in [0.29, 0.717) is 5.92 Å². The molecule has 24 heavy (non-hydrogen) atoms. The van der Waals surface area contributed by atoms with Crippen molar-refractivity contribution in [2.75, 3.05) is 13.1 Å². The Balaban J connectivity index is 1.38. The molecule has 0 radical (unpaired) electrons. The van der Waals surface area contributed by atoms with Gasteiger partial charge in [0.25, 0.3) is 0 Å². The minimum atomic E-state index is 0.680. The van der Waals surface area contributed by atoms with Gasteiger partial charge in [-0.3, -0.25) is 9.88 Å². The van der Waals surface area contributed by atoms with E-state index in [0.717, 1.165) is 25.3 Å². The van der Waals surface area contributed by atoms with Gasteiger partial charge in [-0.1, -0.05) is 12.1 Å². The zero-order chi connectivity index (χ0) is 16.2. The molecule has 4 heteroatoms. The lowest BCUT2D eigenvalue weighted by Crippen LogP contribution is -2.32. The lowest BCUT2D eigenvalue weighted by atomic mass is 9.90. The van der Waals surface area contributed by atoms with Crippen LogP contribution in [0.1, 0.15) is 29.9 Å². The third kappa shape index (κ3) is 3.39. The molecule has 3 heterocycles. The number of rotatable bonds is 4. The van der Waals surface area contributed by atoms with E-state index in [9.17, 15) is 0 Å². The molecule has 0 amide bonds. The zero-order valence-corrected chi connectivity index (χ0v) is 13.8. The fraction of sp³-hybridized carbons (Fsp3) is 0.300. The minimum absolute atomic E-state index is 0.680. The first-order valence-corrected chi connectivity index (χ1v) is 8.60. The standard InChI is InChI=1S/C20H22N4/c1-3-17(15-20(4-1)24-12-2-9-22-24)16-23-13-7-19(8-14-23)18-5-10-21-11-6-18/h1-6,9-12,15,19H,7-8,13-14,16H2. The number of benzene rings is 1. The van der Waals surface area contributed by atoms with Crippen LogP contribution in [0.2, 0.25) is 0 Å². The van der Waals surface area contributed by atoms with Crippen LogP contribution in [0, 0.1) is 0 Å². The molecule has 0 spiro atoms. The second-order valence-electron chi connectivity index (χ2n) is 6.45. The number of aromatic nitrogens is 3. The van der Waals surface area contributed by atoms with Crippen LogP contribution in [0.25, 0.3) is 5.69 Å². The summed E-state index contributed by atoms with van der Waals surface area (Å²) < 4.78 is 1.92. The largest absolute Gasteiger partial charge is 0.299 e. The van der Waals surface area contributed by atoms with Crippen LogP contribution in [-0.4, -0.2) is 32.8 Å². The fourth-order valence-electron chi connectivity index (χ4n) is 3.54. The summed E-state index contributed by atoms with van der Waals surface area (Å²) in [4.78, 5) is 6.68. The maximum Gasteiger partial charge on any atom is 0.0648 e. The van der Waals surface area contributed by atoms with Gasteiger partial charge in [-0.2, -0.15) is 5.10 Å². The molecular weight excluding hydrogens is 296 g/mol. The van der Waals surface area contributed by atoms with Gasteiger partial charge in [-0.25, -0.2) is 4.68 Å². The van der Waals surface area contributed by atoms with E-state index in [1.165, 1.54) is 24.0 Å². The maximum absolute atomic E-state index is 4.32. The molecule has 0 unspecified atom stereocenters. The first-order valence-electron chi connectivity index (χ1n) is 8.60. The van der Waals surface area contributed by atoms with Crippen molar-refractivity contribution in [3.63, 3.8) is 0 Å². The number of nitrogens with zero attached hydrogens (tertiary/aromatic N) is 4. The minimum Gasteiger partial charge on any atom is -0.299 e. The Morgan fingerprint density at radius 1 is 0.958 bits per heavy atom. The van der Waals surface area contributed by atoms with Crippen molar-refractivity contribution in [3.05, 3.63) is 78.4 Å². The van der Waals surface area contributed by atoms with Crippen molar-refractivity contribution < 1.29 is 0 Å². The van der Waals surface area contributed by atoms with Crippen LogP contribution in [0.15, 0.2) is 67.3 Å². The van der Waals surface area contributed by atoms with Gasteiger partial charge in [-0.05, 0) is 73.3 Å². The summed E-state index contributed by atoms with van der Waals surface area (Å²) >= 11 is 0. The van der Waals surface area contributed by atoms with Crippen molar-refractivity contribution in [2.24, 2.45) is 0 Å². The Morgan fingerprint density at radius 3 is 2.54 bits per heavy atom. The monoisotopic (exact) mass is 318 g/mol. The number of hydrogen-bond donors (Lipinski definition) is 0. The molecular formula is C20H22N4. The number of likely N-dealkylation sites (tertiary alicyclic amines) is 1. The van der Waals surface area contributed by atoms with Crippen LogP contribution in [0.4, 0.5) is 0 Å². The van der Waals surface area contributed by atoms with Crippen LogP contribution in [0.3, 0.4) is 0 Å². The predicted octanol–water partition coefficient (Wildman–Crippen LogP) is 3.65. The van der Waals surface area contributed by atoms with Gasteiger partial charge in [0, 0.05) is 31.3 Å². The smallest absolute Gasteiger partial charge is 0.0648 e. The summed E-state index contributed by atoms with van der Waals surface area (Å²) in [6, 6.07) is 14.9. The molecule has 0 aliphatic carbocycles. The molecule has 1 aliphatic rings. The number of hydrogen-bond acceptors (Lipinski definition) is 3. The topological polar surface area (TPSA) is 34.0 Å². The van der Waals surface area contributed by atoms with Crippen LogP contribution < -0.4 is 0 Å². The average Bonchev–Trinajstić information content (AvgIpc) is 3.18. The number of piperidine rings is 1. The lowest BCUT2D eigenvalue weighted by molar-refractivity contribution is 0.204. The van der Waals surface area contributed by atoms with Gasteiger partial charge in [0.05, 0.1) is 5.69 Å². The van der Waals surface area contributed by atoms with E-state index in [2.05, 4.69) is 51.4 Å². The Hall–Kier alpha value is -2.46. The quantitative estimate of drug-likeness (QED) is 0.736. The fourth-order valence-corrected chi connectivity index (χ4v) is 3.54. The summed E-state index contributed by atoms with van der Waals surface area (Å²) in [5, 5.41) is 4.32. The highest BCUT2D eigenvalue weighted by atomic mass is 15.3. The molecule has 1 aliphatic heterocycles.